The molecule has 4 heteroatoms. The van der Waals surface area contributed by atoms with E-state index in [2.05, 4.69) is 5.32 Å². The molecule has 118 valence electrons. The lowest BCUT2D eigenvalue weighted by Gasteiger charge is -2.21. The minimum atomic E-state index is -0.0802. The number of benzene rings is 1. The van der Waals surface area contributed by atoms with E-state index in [9.17, 15) is 9.90 Å². The van der Waals surface area contributed by atoms with E-state index < -0.39 is 0 Å². The molecule has 1 aromatic heterocycles. The zero-order valence-electron chi connectivity index (χ0n) is 13.2. The molecule has 0 unspecified atom stereocenters. The van der Waals surface area contributed by atoms with E-state index in [1.54, 1.807) is 0 Å². The Kier molecular flexibility index (Phi) is 5.39. The molecule has 0 aliphatic heterocycles. The van der Waals surface area contributed by atoms with Crippen molar-refractivity contribution in [3.63, 3.8) is 0 Å². The van der Waals surface area contributed by atoms with E-state index in [1.807, 2.05) is 67.2 Å². The molecule has 4 nitrogen and oxygen atoms in total. The molecule has 0 atom stereocenters. The standard InChI is InChI=1S/C18H24N2O2/c1-18(2,14-21)10-5-11-19-17(22)15-6-8-16(9-7-15)20-12-3-4-13-20/h3-4,6-9,12-13,21H,5,10-11,14H2,1-2H3,(H,19,22). The van der Waals surface area contributed by atoms with Crippen LogP contribution < -0.4 is 5.32 Å². The Morgan fingerprint density at radius 1 is 1.18 bits per heavy atom. The summed E-state index contributed by atoms with van der Waals surface area (Å²) in [7, 11) is 0. The van der Waals surface area contributed by atoms with Crippen molar-refractivity contribution in [3.05, 3.63) is 54.4 Å². The molecule has 2 aromatic rings. The van der Waals surface area contributed by atoms with Crippen LogP contribution in [0.5, 0.6) is 0 Å². The van der Waals surface area contributed by atoms with Crippen LogP contribution >= 0.6 is 0 Å². The third-order valence-corrected chi connectivity index (χ3v) is 3.78. The smallest absolute Gasteiger partial charge is 0.251 e. The van der Waals surface area contributed by atoms with Crippen LogP contribution in [-0.4, -0.2) is 28.7 Å². The highest BCUT2D eigenvalue weighted by atomic mass is 16.3. The molecule has 0 bridgehead atoms. The number of carbonyl (C=O) groups is 1. The van der Waals surface area contributed by atoms with E-state index in [1.165, 1.54) is 0 Å². The Labute approximate surface area is 131 Å². The molecule has 0 aliphatic rings. The molecular weight excluding hydrogens is 276 g/mol. The van der Waals surface area contributed by atoms with Crippen molar-refractivity contribution in [2.75, 3.05) is 13.2 Å². The van der Waals surface area contributed by atoms with Crippen LogP contribution in [0.2, 0.25) is 0 Å². The van der Waals surface area contributed by atoms with Crippen molar-refractivity contribution in [1.29, 1.82) is 0 Å². The van der Waals surface area contributed by atoms with Crippen LogP contribution in [0.25, 0.3) is 5.69 Å². The Balaban J connectivity index is 1.83. The van der Waals surface area contributed by atoms with Crippen LogP contribution in [0.4, 0.5) is 0 Å². The van der Waals surface area contributed by atoms with E-state index in [4.69, 9.17) is 0 Å². The van der Waals surface area contributed by atoms with E-state index in [0.717, 1.165) is 18.5 Å². The normalized spacial score (nSPS) is 11.4. The summed E-state index contributed by atoms with van der Waals surface area (Å²) in [6, 6.07) is 11.5. The number of nitrogens with zero attached hydrogens (tertiary/aromatic N) is 1. The molecule has 0 fully saturated rings. The first kappa shape index (κ1) is 16.3. The monoisotopic (exact) mass is 300 g/mol. The highest BCUT2D eigenvalue weighted by Gasteiger charge is 2.15. The molecule has 0 aliphatic carbocycles. The quantitative estimate of drug-likeness (QED) is 0.772. The Bertz CT molecular complexity index is 586. The van der Waals surface area contributed by atoms with Gasteiger partial charge in [0.1, 0.15) is 0 Å². The second-order valence-electron chi connectivity index (χ2n) is 6.32. The van der Waals surface area contributed by atoms with Gasteiger partial charge in [0.2, 0.25) is 0 Å². The molecule has 0 spiro atoms. The highest BCUT2D eigenvalue weighted by molar-refractivity contribution is 5.94. The van der Waals surface area contributed by atoms with E-state index in [-0.39, 0.29) is 17.9 Å². The van der Waals surface area contributed by atoms with Gasteiger partial charge in [0, 0.05) is 36.8 Å². The van der Waals surface area contributed by atoms with Crippen molar-refractivity contribution >= 4 is 5.91 Å². The average Bonchev–Trinajstić information content (AvgIpc) is 3.06. The van der Waals surface area contributed by atoms with Crippen molar-refractivity contribution in [3.8, 4) is 5.69 Å². The summed E-state index contributed by atoms with van der Waals surface area (Å²) in [6.07, 6.45) is 5.69. The first-order chi connectivity index (χ1) is 10.5. The van der Waals surface area contributed by atoms with Gasteiger partial charge in [-0.15, -0.1) is 0 Å². The summed E-state index contributed by atoms with van der Waals surface area (Å²) in [6.45, 7) is 4.84. The van der Waals surface area contributed by atoms with Gasteiger partial charge in [-0.3, -0.25) is 4.79 Å². The van der Waals surface area contributed by atoms with Crippen molar-refractivity contribution in [2.24, 2.45) is 5.41 Å². The average molecular weight is 300 g/mol. The van der Waals surface area contributed by atoms with Crippen molar-refractivity contribution in [2.45, 2.75) is 26.7 Å². The van der Waals surface area contributed by atoms with Gasteiger partial charge in [0.15, 0.2) is 0 Å². The summed E-state index contributed by atoms with van der Waals surface area (Å²) < 4.78 is 2.00. The highest BCUT2D eigenvalue weighted by Crippen LogP contribution is 2.20. The van der Waals surface area contributed by atoms with Crippen LogP contribution in [0, 0.1) is 5.41 Å². The van der Waals surface area contributed by atoms with Crippen LogP contribution in [-0.2, 0) is 0 Å². The summed E-state index contributed by atoms with van der Waals surface area (Å²) in [4.78, 5) is 12.1. The van der Waals surface area contributed by atoms with Gasteiger partial charge in [-0.25, -0.2) is 0 Å². The lowest BCUT2D eigenvalue weighted by atomic mass is 9.89. The Morgan fingerprint density at radius 3 is 2.41 bits per heavy atom. The third kappa shape index (κ3) is 4.46. The lowest BCUT2D eigenvalue weighted by Crippen LogP contribution is -2.26. The third-order valence-electron chi connectivity index (χ3n) is 3.78. The molecule has 0 radical (unpaired) electrons. The summed E-state index contributed by atoms with van der Waals surface area (Å²) in [5, 5.41) is 12.1. The molecule has 0 saturated carbocycles. The molecule has 22 heavy (non-hydrogen) atoms. The van der Waals surface area contributed by atoms with E-state index in [0.29, 0.717) is 12.1 Å². The number of nitrogens with one attached hydrogen (secondary N) is 1. The maximum atomic E-state index is 12.1. The summed E-state index contributed by atoms with van der Waals surface area (Å²) in [5.41, 5.74) is 1.62. The van der Waals surface area contributed by atoms with Crippen molar-refractivity contribution < 1.29 is 9.90 Å². The number of aliphatic hydroxyl groups excluding tert-OH is 1. The van der Waals surface area contributed by atoms with Gasteiger partial charge in [-0.05, 0) is 54.7 Å². The minimum Gasteiger partial charge on any atom is -0.396 e. The maximum absolute atomic E-state index is 12.1. The fourth-order valence-electron chi connectivity index (χ4n) is 2.24. The molecular formula is C18H24N2O2. The van der Waals surface area contributed by atoms with Gasteiger partial charge in [-0.1, -0.05) is 13.8 Å². The Hall–Kier alpha value is -2.07. The molecule has 2 N–H and O–H groups in total. The van der Waals surface area contributed by atoms with Gasteiger partial charge >= 0.3 is 0 Å². The number of rotatable bonds is 7. The predicted molar refractivity (Wildman–Crippen MR) is 88.2 cm³/mol. The van der Waals surface area contributed by atoms with Crippen LogP contribution in [0.15, 0.2) is 48.8 Å². The van der Waals surface area contributed by atoms with Gasteiger partial charge in [0.25, 0.3) is 5.91 Å². The number of hydrogen-bond donors (Lipinski definition) is 2. The molecule has 1 aromatic carbocycles. The zero-order valence-corrected chi connectivity index (χ0v) is 13.2. The minimum absolute atomic E-state index is 0.0548. The van der Waals surface area contributed by atoms with Crippen molar-refractivity contribution in [1.82, 2.24) is 9.88 Å². The fraction of sp³-hybridized carbons (Fsp3) is 0.389. The molecule has 0 saturated heterocycles. The zero-order chi connectivity index (χ0) is 16.0. The van der Waals surface area contributed by atoms with Gasteiger partial charge in [-0.2, -0.15) is 0 Å². The second kappa shape index (κ2) is 7.27. The number of aliphatic hydroxyl groups is 1. The topological polar surface area (TPSA) is 54.3 Å². The summed E-state index contributed by atoms with van der Waals surface area (Å²) >= 11 is 0. The number of aromatic nitrogens is 1. The van der Waals surface area contributed by atoms with Crippen LogP contribution in [0.1, 0.15) is 37.0 Å². The molecule has 1 amide bonds. The number of hydrogen-bond acceptors (Lipinski definition) is 2. The van der Waals surface area contributed by atoms with E-state index >= 15 is 0 Å². The molecule has 1 heterocycles. The number of carbonyl (C=O) groups excluding carboxylic acids is 1. The summed E-state index contributed by atoms with van der Waals surface area (Å²) in [5.74, 6) is -0.0548. The predicted octanol–water partition coefficient (Wildman–Crippen LogP) is 3.01. The Morgan fingerprint density at radius 2 is 1.82 bits per heavy atom. The maximum Gasteiger partial charge on any atom is 0.251 e. The largest absolute Gasteiger partial charge is 0.396 e. The van der Waals surface area contributed by atoms with Crippen LogP contribution in [0.3, 0.4) is 0 Å². The number of amides is 1. The first-order valence-corrected chi connectivity index (χ1v) is 7.64. The fourth-order valence-corrected chi connectivity index (χ4v) is 2.24. The first-order valence-electron chi connectivity index (χ1n) is 7.64. The van der Waals surface area contributed by atoms with Gasteiger partial charge < -0.3 is 15.0 Å². The second-order valence-corrected chi connectivity index (χ2v) is 6.32. The molecule has 2 rings (SSSR count). The van der Waals surface area contributed by atoms with Gasteiger partial charge in [0.05, 0.1) is 0 Å². The lowest BCUT2D eigenvalue weighted by molar-refractivity contribution is 0.0948. The SMILES string of the molecule is CC(C)(CO)CCCNC(=O)c1ccc(-n2cccc2)cc1.